The highest BCUT2D eigenvalue weighted by molar-refractivity contribution is 7.14. The number of rotatable bonds is 4. The Morgan fingerprint density at radius 3 is 2.71 bits per heavy atom. The third kappa shape index (κ3) is 4.00. The highest BCUT2D eigenvalue weighted by atomic mass is 32.1. The topological polar surface area (TPSA) is 49.4 Å². The predicted molar refractivity (Wildman–Crippen MR) is 97.5 cm³/mol. The fourth-order valence-electron chi connectivity index (χ4n) is 3.68. The van der Waals surface area contributed by atoms with E-state index in [1.807, 2.05) is 4.90 Å². The van der Waals surface area contributed by atoms with Gasteiger partial charge < -0.3 is 10.2 Å². The third-order valence-corrected chi connectivity index (χ3v) is 6.33. The fraction of sp³-hybridized carbons (Fsp3) is 0.684. The highest BCUT2D eigenvalue weighted by Gasteiger charge is 2.28. The van der Waals surface area contributed by atoms with Gasteiger partial charge in [0, 0.05) is 30.4 Å². The summed E-state index contributed by atoms with van der Waals surface area (Å²) in [5.74, 6) is 0.442. The van der Waals surface area contributed by atoms with Crippen molar-refractivity contribution >= 4 is 23.2 Å². The monoisotopic (exact) mass is 348 g/mol. The number of hydrogen-bond acceptors (Lipinski definition) is 3. The molecule has 24 heavy (non-hydrogen) atoms. The van der Waals surface area contributed by atoms with Crippen LogP contribution in [0.4, 0.5) is 0 Å². The Morgan fingerprint density at radius 1 is 1.25 bits per heavy atom. The Morgan fingerprint density at radius 2 is 2.00 bits per heavy atom. The van der Waals surface area contributed by atoms with Crippen molar-refractivity contribution in [1.82, 2.24) is 10.2 Å². The first kappa shape index (κ1) is 17.5. The van der Waals surface area contributed by atoms with Crippen molar-refractivity contribution in [2.45, 2.75) is 58.3 Å². The van der Waals surface area contributed by atoms with E-state index in [1.165, 1.54) is 23.3 Å². The Labute approximate surface area is 148 Å². The summed E-state index contributed by atoms with van der Waals surface area (Å²) in [5.41, 5.74) is 1.22. The number of likely N-dealkylation sites (tertiary alicyclic amines) is 1. The van der Waals surface area contributed by atoms with Crippen molar-refractivity contribution in [3.8, 4) is 0 Å². The number of nitrogens with zero attached hydrogens (tertiary/aromatic N) is 1. The fourth-order valence-corrected chi connectivity index (χ4v) is 4.85. The van der Waals surface area contributed by atoms with Crippen molar-refractivity contribution in [3.63, 3.8) is 0 Å². The van der Waals surface area contributed by atoms with Crippen LogP contribution in [0.1, 0.15) is 65.6 Å². The maximum Gasteiger partial charge on any atom is 0.263 e. The molecule has 2 aliphatic rings. The number of carbonyl (C=O) groups is 2. The first-order chi connectivity index (χ1) is 11.7. The van der Waals surface area contributed by atoms with Crippen LogP contribution in [0.2, 0.25) is 0 Å². The molecule has 1 N–H and O–H groups in total. The summed E-state index contributed by atoms with van der Waals surface area (Å²) in [6.45, 7) is 4.61. The van der Waals surface area contributed by atoms with Crippen LogP contribution in [0.3, 0.4) is 0 Å². The maximum atomic E-state index is 12.8. The van der Waals surface area contributed by atoms with E-state index in [0.29, 0.717) is 0 Å². The summed E-state index contributed by atoms with van der Waals surface area (Å²) >= 11 is 1.65. The molecule has 0 spiro atoms. The van der Waals surface area contributed by atoms with E-state index in [1.54, 1.807) is 11.3 Å². The second-order valence-electron chi connectivity index (χ2n) is 7.00. The molecule has 1 aliphatic carbocycles. The number of hydrogen-bond donors (Lipinski definition) is 1. The van der Waals surface area contributed by atoms with Crippen molar-refractivity contribution in [3.05, 3.63) is 21.4 Å². The van der Waals surface area contributed by atoms with Crippen LogP contribution in [0, 0.1) is 5.92 Å². The van der Waals surface area contributed by atoms with E-state index in [-0.39, 0.29) is 17.7 Å². The Balaban J connectivity index is 1.66. The van der Waals surface area contributed by atoms with Gasteiger partial charge in [0.15, 0.2) is 0 Å². The SMILES string of the molecule is CCCNC(=O)C1CCc2sc(C(=O)N3CCCCCC3)cc2C1. The van der Waals surface area contributed by atoms with Gasteiger partial charge in [-0.05, 0) is 50.2 Å². The number of fused-ring (bicyclic) bond motifs is 1. The largest absolute Gasteiger partial charge is 0.356 e. The molecule has 1 aliphatic heterocycles. The molecule has 1 fully saturated rings. The lowest BCUT2D eigenvalue weighted by molar-refractivity contribution is -0.125. The van der Waals surface area contributed by atoms with Crippen LogP contribution in [-0.4, -0.2) is 36.3 Å². The number of aryl methyl sites for hydroxylation is 1. The van der Waals surface area contributed by atoms with Gasteiger partial charge in [-0.2, -0.15) is 0 Å². The molecule has 2 amide bonds. The minimum atomic E-state index is 0.0692. The van der Waals surface area contributed by atoms with Crippen LogP contribution >= 0.6 is 11.3 Å². The number of nitrogens with one attached hydrogen (secondary N) is 1. The molecule has 0 saturated carbocycles. The first-order valence-corrected chi connectivity index (χ1v) is 10.2. The maximum absolute atomic E-state index is 12.8. The molecule has 5 heteroatoms. The lowest BCUT2D eigenvalue weighted by Gasteiger charge is -2.21. The van der Waals surface area contributed by atoms with Gasteiger partial charge in [0.1, 0.15) is 0 Å². The standard InChI is InChI=1S/C19H28N2O2S/c1-2-9-20-18(22)14-7-8-16-15(12-14)13-17(24-16)19(23)21-10-5-3-4-6-11-21/h13-14H,2-12H2,1H3,(H,20,22). The zero-order chi connectivity index (χ0) is 16.9. The minimum absolute atomic E-state index is 0.0692. The normalized spacial score (nSPS) is 21.0. The molecule has 1 saturated heterocycles. The second-order valence-corrected chi connectivity index (χ2v) is 8.13. The smallest absolute Gasteiger partial charge is 0.263 e. The summed E-state index contributed by atoms with van der Waals surface area (Å²) in [7, 11) is 0. The molecule has 1 unspecified atom stereocenters. The summed E-state index contributed by atoms with van der Waals surface area (Å²) in [4.78, 5) is 29.2. The lowest BCUT2D eigenvalue weighted by atomic mass is 9.87. The molecule has 132 valence electrons. The van der Waals surface area contributed by atoms with Gasteiger partial charge in [-0.25, -0.2) is 0 Å². The molecule has 0 radical (unpaired) electrons. The second kappa shape index (κ2) is 8.15. The van der Waals surface area contributed by atoms with Crippen molar-refractivity contribution in [2.75, 3.05) is 19.6 Å². The van der Waals surface area contributed by atoms with E-state index < -0.39 is 0 Å². The van der Waals surface area contributed by atoms with Crippen molar-refractivity contribution < 1.29 is 9.59 Å². The van der Waals surface area contributed by atoms with Crippen LogP contribution in [-0.2, 0) is 17.6 Å². The third-order valence-electron chi connectivity index (χ3n) is 5.11. The zero-order valence-electron chi connectivity index (χ0n) is 14.6. The quantitative estimate of drug-likeness (QED) is 0.907. The number of thiophene rings is 1. The van der Waals surface area contributed by atoms with Gasteiger partial charge in [-0.15, -0.1) is 11.3 Å². The number of carbonyl (C=O) groups excluding carboxylic acids is 2. The lowest BCUT2D eigenvalue weighted by Crippen LogP contribution is -2.34. The van der Waals surface area contributed by atoms with E-state index >= 15 is 0 Å². The van der Waals surface area contributed by atoms with Crippen LogP contribution in [0.15, 0.2) is 6.07 Å². The van der Waals surface area contributed by atoms with Gasteiger partial charge >= 0.3 is 0 Å². The van der Waals surface area contributed by atoms with Gasteiger partial charge in [-0.3, -0.25) is 9.59 Å². The molecule has 1 aromatic heterocycles. The summed E-state index contributed by atoms with van der Waals surface area (Å²) < 4.78 is 0. The average Bonchev–Trinajstić information content (AvgIpc) is 2.83. The van der Waals surface area contributed by atoms with E-state index in [2.05, 4.69) is 18.3 Å². The molecule has 4 nitrogen and oxygen atoms in total. The van der Waals surface area contributed by atoms with Crippen LogP contribution in [0.5, 0.6) is 0 Å². The molecule has 1 aromatic rings. The van der Waals surface area contributed by atoms with Gasteiger partial charge in [0.05, 0.1) is 4.88 Å². The van der Waals surface area contributed by atoms with Crippen molar-refractivity contribution in [2.24, 2.45) is 5.92 Å². The molecule has 3 rings (SSSR count). The highest BCUT2D eigenvalue weighted by Crippen LogP contribution is 2.33. The number of amides is 2. The van der Waals surface area contributed by atoms with Gasteiger partial charge in [0.2, 0.25) is 5.91 Å². The average molecular weight is 349 g/mol. The summed E-state index contributed by atoms with van der Waals surface area (Å²) in [6, 6.07) is 2.06. The molecular weight excluding hydrogens is 320 g/mol. The van der Waals surface area contributed by atoms with Crippen LogP contribution in [0.25, 0.3) is 0 Å². The van der Waals surface area contributed by atoms with Gasteiger partial charge in [0.25, 0.3) is 5.91 Å². The van der Waals surface area contributed by atoms with Crippen molar-refractivity contribution in [1.29, 1.82) is 0 Å². The zero-order valence-corrected chi connectivity index (χ0v) is 15.4. The molecule has 0 bridgehead atoms. The van der Waals surface area contributed by atoms with E-state index in [4.69, 9.17) is 0 Å². The summed E-state index contributed by atoms with van der Waals surface area (Å²) in [5, 5.41) is 3.01. The molecule has 1 atom stereocenters. The van der Waals surface area contributed by atoms with Crippen LogP contribution < -0.4 is 5.32 Å². The Bertz CT molecular complexity index is 588. The Kier molecular flexibility index (Phi) is 5.93. The molecular formula is C19H28N2O2S. The minimum Gasteiger partial charge on any atom is -0.356 e. The van der Waals surface area contributed by atoms with E-state index in [0.717, 1.165) is 63.0 Å². The first-order valence-electron chi connectivity index (χ1n) is 9.37. The molecule has 2 heterocycles. The molecule has 0 aromatic carbocycles. The summed E-state index contributed by atoms with van der Waals surface area (Å²) in [6.07, 6.45) is 8.30. The van der Waals surface area contributed by atoms with Gasteiger partial charge in [-0.1, -0.05) is 19.8 Å². The van der Waals surface area contributed by atoms with E-state index in [9.17, 15) is 9.59 Å². The Hall–Kier alpha value is -1.36. The predicted octanol–water partition coefficient (Wildman–Crippen LogP) is 3.40.